The molecule has 0 rings (SSSR count). The third-order valence-corrected chi connectivity index (χ3v) is 2.07. The van der Waals surface area contributed by atoms with Crippen molar-refractivity contribution in [3.05, 3.63) is 22.2 Å². The van der Waals surface area contributed by atoms with Crippen LogP contribution < -0.4 is 0 Å². The zero-order valence-corrected chi connectivity index (χ0v) is 11.2. The maximum absolute atomic E-state index is 11.2. The van der Waals surface area contributed by atoms with Crippen molar-refractivity contribution in [2.24, 2.45) is 0 Å². The quantitative estimate of drug-likeness (QED) is 0.443. The Labute approximate surface area is 103 Å². The third-order valence-electron chi connectivity index (χ3n) is 1.52. The molecule has 0 aromatic heterocycles. The van der Waals surface area contributed by atoms with Crippen LogP contribution in [0.5, 0.6) is 0 Å². The normalized spacial score (nSPS) is 12.2. The summed E-state index contributed by atoms with van der Waals surface area (Å²) in [4.78, 5) is 21.7. The first-order valence-electron chi connectivity index (χ1n) is 4.81. The van der Waals surface area contributed by atoms with Gasteiger partial charge in [-0.15, -0.1) is 0 Å². The summed E-state index contributed by atoms with van der Waals surface area (Å²) in [5.41, 5.74) is 0.807. The number of rotatable bonds is 5. The molecule has 0 aromatic rings. The fraction of sp³-hybridized carbons (Fsp3) is 0.455. The molecule has 0 saturated heterocycles. The van der Waals surface area contributed by atoms with Crippen LogP contribution in [-0.4, -0.2) is 25.2 Å². The summed E-state index contributed by atoms with van der Waals surface area (Å²) < 4.78 is 9.85. The fourth-order valence-electron chi connectivity index (χ4n) is 0.808. The summed E-state index contributed by atoms with van der Waals surface area (Å²) in [5, 5.41) is 0. The van der Waals surface area contributed by atoms with E-state index in [1.807, 2.05) is 0 Å². The summed E-state index contributed by atoms with van der Waals surface area (Å²) in [6.07, 6.45) is 3.31. The Morgan fingerprint density at radius 1 is 1.25 bits per heavy atom. The van der Waals surface area contributed by atoms with Crippen molar-refractivity contribution in [3.8, 4) is 0 Å². The van der Waals surface area contributed by atoms with Gasteiger partial charge in [0.2, 0.25) is 0 Å². The topological polar surface area (TPSA) is 52.6 Å². The van der Waals surface area contributed by atoms with E-state index in [0.29, 0.717) is 11.1 Å². The third kappa shape index (κ3) is 7.23. The molecule has 0 unspecified atom stereocenters. The zero-order chi connectivity index (χ0) is 12.6. The van der Waals surface area contributed by atoms with Crippen molar-refractivity contribution < 1.29 is 19.1 Å². The maximum atomic E-state index is 11.2. The minimum Gasteiger partial charge on any atom is -0.462 e. The van der Waals surface area contributed by atoms with Crippen molar-refractivity contribution in [2.75, 3.05) is 13.2 Å². The number of hydrogen-bond donors (Lipinski definition) is 0. The minimum absolute atomic E-state index is 0.195. The van der Waals surface area contributed by atoms with Gasteiger partial charge in [-0.05, 0) is 41.9 Å². The molecule has 4 nitrogen and oxygen atoms in total. The largest absolute Gasteiger partial charge is 0.462 e. The molecular formula is C11H15BrO4. The van der Waals surface area contributed by atoms with Crippen LogP contribution in [0.2, 0.25) is 0 Å². The van der Waals surface area contributed by atoms with Gasteiger partial charge in [-0.3, -0.25) is 4.79 Å². The molecule has 0 heterocycles. The van der Waals surface area contributed by atoms with Crippen molar-refractivity contribution >= 4 is 27.9 Å². The lowest BCUT2D eigenvalue weighted by Crippen LogP contribution is -2.03. The van der Waals surface area contributed by atoms with Gasteiger partial charge in [0.05, 0.1) is 6.61 Å². The van der Waals surface area contributed by atoms with Gasteiger partial charge in [0.1, 0.15) is 11.1 Å². The number of ether oxygens (including phenoxy) is 2. The monoisotopic (exact) mass is 290 g/mol. The van der Waals surface area contributed by atoms with Crippen molar-refractivity contribution in [3.63, 3.8) is 0 Å². The molecule has 0 spiro atoms. The highest BCUT2D eigenvalue weighted by Gasteiger charge is 2.05. The summed E-state index contributed by atoms with van der Waals surface area (Å²) in [7, 11) is 0. The van der Waals surface area contributed by atoms with Crippen LogP contribution >= 0.6 is 15.9 Å². The molecule has 0 bridgehead atoms. The lowest BCUT2D eigenvalue weighted by atomic mass is 10.2. The lowest BCUT2D eigenvalue weighted by Gasteiger charge is -2.00. The van der Waals surface area contributed by atoms with Crippen molar-refractivity contribution in [1.29, 1.82) is 0 Å². The highest BCUT2D eigenvalue weighted by molar-refractivity contribution is 9.12. The molecular weight excluding hydrogens is 276 g/mol. The molecule has 5 heteroatoms. The van der Waals surface area contributed by atoms with Gasteiger partial charge in [-0.2, -0.15) is 0 Å². The SMILES string of the molecule is CCOC(=O)/C(Br)=C\C(C)=C\COC(C)=O. The first-order chi connectivity index (χ1) is 7.47. The van der Waals surface area contributed by atoms with E-state index < -0.39 is 5.97 Å². The Kier molecular flexibility index (Phi) is 7.54. The van der Waals surface area contributed by atoms with Crippen molar-refractivity contribution in [2.45, 2.75) is 20.8 Å². The minimum atomic E-state index is -0.414. The Balaban J connectivity index is 4.28. The Morgan fingerprint density at radius 3 is 2.38 bits per heavy atom. The second-order valence-electron chi connectivity index (χ2n) is 2.96. The second kappa shape index (κ2) is 8.10. The zero-order valence-electron chi connectivity index (χ0n) is 9.58. The molecule has 0 atom stereocenters. The molecule has 0 fully saturated rings. The van der Waals surface area contributed by atoms with Crippen LogP contribution in [-0.2, 0) is 19.1 Å². The maximum Gasteiger partial charge on any atom is 0.345 e. The molecule has 0 aromatic carbocycles. The summed E-state index contributed by atoms with van der Waals surface area (Å²) in [5.74, 6) is -0.750. The molecule has 0 N–H and O–H groups in total. The van der Waals surface area contributed by atoms with E-state index in [4.69, 9.17) is 9.47 Å². The first kappa shape index (κ1) is 14.9. The molecule has 90 valence electrons. The van der Waals surface area contributed by atoms with E-state index in [0.717, 1.165) is 5.57 Å². The van der Waals surface area contributed by atoms with Gasteiger partial charge in [-0.25, -0.2) is 4.79 Å². The second-order valence-corrected chi connectivity index (χ2v) is 3.82. The summed E-state index contributed by atoms with van der Waals surface area (Å²) in [6.45, 7) is 5.40. The van der Waals surface area contributed by atoms with Crippen LogP contribution in [0.25, 0.3) is 0 Å². The molecule has 0 radical (unpaired) electrons. The van der Waals surface area contributed by atoms with Crippen molar-refractivity contribution in [1.82, 2.24) is 0 Å². The molecule has 16 heavy (non-hydrogen) atoms. The number of allylic oxidation sites excluding steroid dienone is 2. The predicted octanol–water partition coefficient (Wildman–Crippen LogP) is 2.34. The van der Waals surface area contributed by atoms with Crippen LogP contribution in [0.1, 0.15) is 20.8 Å². The van der Waals surface area contributed by atoms with E-state index in [1.54, 1.807) is 26.0 Å². The average Bonchev–Trinajstić information content (AvgIpc) is 2.17. The number of hydrogen-bond acceptors (Lipinski definition) is 4. The number of carbonyl (C=O) groups excluding carboxylic acids is 2. The van der Waals surface area contributed by atoms with Gasteiger partial charge in [0, 0.05) is 6.92 Å². The Morgan fingerprint density at radius 2 is 1.88 bits per heavy atom. The van der Waals surface area contributed by atoms with E-state index in [9.17, 15) is 9.59 Å². The van der Waals surface area contributed by atoms with Crippen LogP contribution in [0.3, 0.4) is 0 Å². The van der Waals surface area contributed by atoms with Gasteiger partial charge in [0.25, 0.3) is 0 Å². The highest BCUT2D eigenvalue weighted by atomic mass is 79.9. The Bertz CT molecular complexity index is 318. The Hall–Kier alpha value is -1.10. The molecule has 0 saturated carbocycles. The number of carbonyl (C=O) groups is 2. The fourth-order valence-corrected chi connectivity index (χ4v) is 1.28. The first-order valence-corrected chi connectivity index (χ1v) is 5.61. The molecule has 0 aliphatic rings. The smallest absolute Gasteiger partial charge is 0.345 e. The van der Waals surface area contributed by atoms with E-state index in [-0.39, 0.29) is 12.6 Å². The van der Waals surface area contributed by atoms with Crippen LogP contribution in [0, 0.1) is 0 Å². The lowest BCUT2D eigenvalue weighted by molar-refractivity contribution is -0.140. The summed E-state index contributed by atoms with van der Waals surface area (Å²) in [6, 6.07) is 0. The predicted molar refractivity (Wildman–Crippen MR) is 64.0 cm³/mol. The van der Waals surface area contributed by atoms with Gasteiger partial charge in [0.15, 0.2) is 0 Å². The standard InChI is InChI=1S/C11H15BrO4/c1-4-15-11(14)10(12)7-8(2)5-6-16-9(3)13/h5,7H,4,6H2,1-3H3/b8-5+,10-7+. The van der Waals surface area contributed by atoms with Crippen LogP contribution in [0.4, 0.5) is 0 Å². The van der Waals surface area contributed by atoms with Crippen LogP contribution in [0.15, 0.2) is 22.2 Å². The van der Waals surface area contributed by atoms with Gasteiger partial charge < -0.3 is 9.47 Å². The number of halogens is 1. The molecule has 0 amide bonds. The summed E-state index contributed by atoms with van der Waals surface area (Å²) >= 11 is 3.10. The van der Waals surface area contributed by atoms with E-state index in [2.05, 4.69) is 15.9 Å². The van der Waals surface area contributed by atoms with Gasteiger partial charge in [-0.1, -0.05) is 5.57 Å². The molecule has 0 aliphatic heterocycles. The van der Waals surface area contributed by atoms with E-state index in [1.165, 1.54) is 6.92 Å². The van der Waals surface area contributed by atoms with Gasteiger partial charge >= 0.3 is 11.9 Å². The van der Waals surface area contributed by atoms with E-state index >= 15 is 0 Å². The highest BCUT2D eigenvalue weighted by Crippen LogP contribution is 2.11. The number of esters is 2. The average molecular weight is 291 g/mol. The molecule has 0 aliphatic carbocycles.